The average Bonchev–Trinajstić information content (AvgIpc) is 3.43. The topological polar surface area (TPSA) is 123 Å². The number of nitrogens with one attached hydrogen (secondary N) is 1. The lowest BCUT2D eigenvalue weighted by atomic mass is 10.2. The first-order chi connectivity index (χ1) is 14.3. The molecule has 158 valence electrons. The molecule has 0 aliphatic carbocycles. The monoisotopic (exact) mass is 434 g/mol. The number of hydrogen-bond acceptors (Lipinski definition) is 7. The summed E-state index contributed by atoms with van der Waals surface area (Å²) in [5.41, 5.74) is 1.35. The summed E-state index contributed by atoms with van der Waals surface area (Å²) in [5, 5.41) is 14.4. The number of aryl methyl sites for hydroxylation is 2. The number of sulfonamides is 1. The molecule has 1 atom stereocenters. The number of hydrogen-bond donors (Lipinski definition) is 1. The molecule has 0 radical (unpaired) electrons. The third-order valence-corrected chi connectivity index (χ3v) is 6.84. The van der Waals surface area contributed by atoms with Crippen LogP contribution >= 0.6 is 0 Å². The van der Waals surface area contributed by atoms with Gasteiger partial charge in [-0.2, -0.15) is 9.40 Å². The van der Waals surface area contributed by atoms with Gasteiger partial charge in [-0.1, -0.05) is 5.10 Å². The van der Waals surface area contributed by atoms with Gasteiger partial charge in [0.05, 0.1) is 4.90 Å². The highest BCUT2D eigenvalue weighted by Gasteiger charge is 2.40. The Bertz CT molecular complexity index is 1170. The molecule has 4 rings (SSSR count). The van der Waals surface area contributed by atoms with Crippen LogP contribution in [0.2, 0.25) is 0 Å². The second kappa shape index (κ2) is 7.61. The summed E-state index contributed by atoms with van der Waals surface area (Å²) in [6.07, 6.45) is 0.855. The molecule has 1 amide bonds. The molecule has 1 saturated heterocycles. The van der Waals surface area contributed by atoms with Crippen LogP contribution in [0.1, 0.15) is 18.5 Å². The smallest absolute Gasteiger partial charge is 0.322 e. The van der Waals surface area contributed by atoms with Crippen molar-refractivity contribution in [1.82, 2.24) is 24.3 Å². The number of nitrogens with zero attached hydrogens (tertiary/aromatic N) is 5. The zero-order chi connectivity index (χ0) is 21.5. The van der Waals surface area contributed by atoms with Crippen molar-refractivity contribution >= 4 is 21.9 Å². The van der Waals surface area contributed by atoms with Crippen molar-refractivity contribution in [2.75, 3.05) is 11.9 Å². The van der Waals surface area contributed by atoms with E-state index in [1.54, 1.807) is 17.8 Å². The highest BCUT2D eigenvalue weighted by atomic mass is 32.2. The number of halogens is 1. The van der Waals surface area contributed by atoms with Crippen LogP contribution in [0, 0.1) is 12.7 Å². The summed E-state index contributed by atoms with van der Waals surface area (Å²) in [5.74, 6) is -0.984. The molecule has 0 unspecified atom stereocenters. The van der Waals surface area contributed by atoms with Crippen LogP contribution in [0.5, 0.6) is 0 Å². The zero-order valence-electron chi connectivity index (χ0n) is 16.2. The largest absolute Gasteiger partial charge is 0.401 e. The molecule has 12 heteroatoms. The average molecular weight is 434 g/mol. The van der Waals surface area contributed by atoms with E-state index in [0.717, 1.165) is 22.1 Å². The molecule has 2 aromatic heterocycles. The number of aromatic nitrogens is 4. The minimum atomic E-state index is -3.96. The van der Waals surface area contributed by atoms with Crippen LogP contribution in [0.15, 0.2) is 39.6 Å². The first-order valence-electron chi connectivity index (χ1n) is 9.18. The van der Waals surface area contributed by atoms with E-state index in [2.05, 4.69) is 20.6 Å². The van der Waals surface area contributed by atoms with Gasteiger partial charge in [0.1, 0.15) is 17.6 Å². The summed E-state index contributed by atoms with van der Waals surface area (Å²) < 4.78 is 47.1. The fraction of sp³-hybridized carbons (Fsp3) is 0.333. The van der Waals surface area contributed by atoms with Crippen molar-refractivity contribution in [2.24, 2.45) is 7.05 Å². The van der Waals surface area contributed by atoms with Gasteiger partial charge in [-0.25, -0.2) is 12.8 Å². The van der Waals surface area contributed by atoms with E-state index in [0.29, 0.717) is 18.5 Å². The van der Waals surface area contributed by atoms with Crippen LogP contribution in [0.4, 0.5) is 10.4 Å². The zero-order valence-corrected chi connectivity index (χ0v) is 17.1. The Balaban J connectivity index is 1.51. The van der Waals surface area contributed by atoms with Crippen LogP contribution < -0.4 is 5.32 Å². The van der Waals surface area contributed by atoms with Crippen molar-refractivity contribution in [1.29, 1.82) is 0 Å². The standard InChI is InChI=1S/C18H19FN6O4S/c1-11-10-14(23-24(11)2)17-21-22-18(29-17)20-16(26)15-4-3-9-25(15)30(27,28)13-7-5-12(19)6-8-13/h5-8,10,15H,3-4,9H2,1-2H3,(H,20,22,26)/t15-/m0/s1. The summed E-state index contributed by atoms with van der Waals surface area (Å²) in [7, 11) is -2.18. The second-order valence-corrected chi connectivity index (χ2v) is 8.81. The van der Waals surface area contributed by atoms with E-state index in [-0.39, 0.29) is 23.3 Å². The van der Waals surface area contributed by atoms with E-state index in [1.807, 2.05) is 6.92 Å². The predicted molar refractivity (Wildman–Crippen MR) is 103 cm³/mol. The molecule has 1 fully saturated rings. The minimum Gasteiger partial charge on any atom is -0.401 e. The molecule has 0 bridgehead atoms. The lowest BCUT2D eigenvalue weighted by molar-refractivity contribution is -0.119. The van der Waals surface area contributed by atoms with Crippen LogP contribution in [0.25, 0.3) is 11.6 Å². The van der Waals surface area contributed by atoms with Gasteiger partial charge >= 0.3 is 6.01 Å². The SMILES string of the molecule is Cc1cc(-c2nnc(NC(=O)[C@@H]3CCCN3S(=O)(=O)c3ccc(F)cc3)o2)nn1C. The molecule has 1 aliphatic heterocycles. The fourth-order valence-electron chi connectivity index (χ4n) is 3.26. The minimum absolute atomic E-state index is 0.0748. The molecule has 3 heterocycles. The lowest BCUT2D eigenvalue weighted by Crippen LogP contribution is -2.43. The second-order valence-electron chi connectivity index (χ2n) is 6.92. The third-order valence-electron chi connectivity index (χ3n) is 4.91. The highest BCUT2D eigenvalue weighted by molar-refractivity contribution is 7.89. The van der Waals surface area contributed by atoms with Gasteiger partial charge in [-0.15, -0.1) is 5.10 Å². The van der Waals surface area contributed by atoms with Gasteiger partial charge in [-0.05, 0) is 50.1 Å². The molecule has 30 heavy (non-hydrogen) atoms. The van der Waals surface area contributed by atoms with Gasteiger partial charge in [0.25, 0.3) is 5.89 Å². The number of amides is 1. The fourth-order valence-corrected chi connectivity index (χ4v) is 4.92. The molecule has 1 N–H and O–H groups in total. The normalized spacial score (nSPS) is 17.4. The Morgan fingerprint density at radius 1 is 1.27 bits per heavy atom. The van der Waals surface area contributed by atoms with E-state index in [1.165, 1.54) is 12.1 Å². The van der Waals surface area contributed by atoms with Gasteiger partial charge in [-0.3, -0.25) is 14.8 Å². The predicted octanol–water partition coefficient (Wildman–Crippen LogP) is 1.71. The Labute approximate surface area is 171 Å². The van der Waals surface area contributed by atoms with E-state index in [4.69, 9.17) is 4.42 Å². The quantitative estimate of drug-likeness (QED) is 0.648. The van der Waals surface area contributed by atoms with Crippen molar-refractivity contribution in [3.8, 4) is 11.6 Å². The Kier molecular flexibility index (Phi) is 5.12. The Hall–Kier alpha value is -3.12. The summed E-state index contributed by atoms with van der Waals surface area (Å²) >= 11 is 0. The third kappa shape index (κ3) is 3.71. The molecule has 0 spiro atoms. The summed E-state index contributed by atoms with van der Waals surface area (Å²) in [4.78, 5) is 12.7. The first-order valence-corrected chi connectivity index (χ1v) is 10.6. The highest BCUT2D eigenvalue weighted by Crippen LogP contribution is 2.27. The van der Waals surface area contributed by atoms with Crippen molar-refractivity contribution in [2.45, 2.75) is 30.7 Å². The molecule has 1 aromatic carbocycles. The van der Waals surface area contributed by atoms with Gasteiger partial charge in [0, 0.05) is 19.3 Å². The maximum atomic E-state index is 13.1. The molecular weight excluding hydrogens is 415 g/mol. The van der Waals surface area contributed by atoms with Gasteiger partial charge in [0.15, 0.2) is 0 Å². The van der Waals surface area contributed by atoms with Crippen molar-refractivity contribution in [3.05, 3.63) is 41.8 Å². The maximum Gasteiger partial charge on any atom is 0.322 e. The number of carbonyl (C=O) groups is 1. The lowest BCUT2D eigenvalue weighted by Gasteiger charge is -2.22. The maximum absolute atomic E-state index is 13.1. The molecule has 10 nitrogen and oxygen atoms in total. The van der Waals surface area contributed by atoms with E-state index < -0.39 is 27.8 Å². The van der Waals surface area contributed by atoms with Crippen molar-refractivity contribution in [3.63, 3.8) is 0 Å². The molecular formula is C18H19FN6O4S. The number of anilines is 1. The van der Waals surface area contributed by atoms with Crippen LogP contribution in [-0.2, 0) is 21.9 Å². The van der Waals surface area contributed by atoms with Gasteiger partial charge < -0.3 is 4.42 Å². The van der Waals surface area contributed by atoms with E-state index in [9.17, 15) is 17.6 Å². The van der Waals surface area contributed by atoms with Crippen LogP contribution in [-0.4, -0.2) is 51.2 Å². The molecule has 0 saturated carbocycles. The number of carbonyl (C=O) groups excluding carboxylic acids is 1. The van der Waals surface area contributed by atoms with Gasteiger partial charge in [0.2, 0.25) is 15.9 Å². The van der Waals surface area contributed by atoms with Crippen molar-refractivity contribution < 1.29 is 22.0 Å². The first kappa shape index (κ1) is 20.2. The Morgan fingerprint density at radius 2 is 2.00 bits per heavy atom. The van der Waals surface area contributed by atoms with Crippen LogP contribution in [0.3, 0.4) is 0 Å². The summed E-state index contributed by atoms with van der Waals surface area (Å²) in [6.45, 7) is 2.05. The summed E-state index contributed by atoms with van der Waals surface area (Å²) in [6, 6.07) is 5.16. The molecule has 1 aliphatic rings. The molecule has 3 aromatic rings. The van der Waals surface area contributed by atoms with E-state index >= 15 is 0 Å². The number of rotatable bonds is 5. The Morgan fingerprint density at radius 3 is 2.67 bits per heavy atom. The number of benzene rings is 1.